The number of H-pyrrole nitrogens is 3. The Labute approximate surface area is 837 Å². The number of aliphatic imine (C=N–C) groups is 3. The number of rotatable bonds is 76. The number of guanidine groups is 3. The number of ketones is 7. The summed E-state index contributed by atoms with van der Waals surface area (Å²) in [5.74, 6) is -15.9. The lowest BCUT2D eigenvalue weighted by Gasteiger charge is -2.27. The molecule has 794 valence electrons. The zero-order valence-electron chi connectivity index (χ0n) is 86.1. The van der Waals surface area contributed by atoms with Crippen LogP contribution < -0.4 is 71.6 Å². The number of aromatic hydroxyl groups is 1. The first kappa shape index (κ1) is 124. The number of aliphatic carboxylic acids is 1. The molecule has 0 unspecified atom stereocenters. The molecule has 0 aliphatic rings. The number of carboxylic acid groups (broad SMARTS) is 1. The number of Topliss-reactive ketones (excluding diaryl/α,β-unsaturated/α-hetero) is 7. The molecule has 4 rings (SSSR count). The standard InChI is InChI=1S/C60H99N15O12.C42H69N7O6/c1-8-36(7)44(57(86)87)30-52(81)48(32-76)75-55(84)40(23-34(3)4)28-51(80)47(24-35(5)6)74-54(83)39(13-10-20-68-58(61)62)27-49(78)45(14-11-21-69-59(63)64)73-56(85)41(26-42-31-67-33-71-42)29-50(79)46(15-12-22-70-60(65)66)72-53(82)38(9-2)25-37-16-18-43(77)19-17-37;1-7-8-9-10-11-12-13-14-15-16-17-18-19-20-39(53)48-36(24-35-26-44-28-46-35)37(51)21-30(4)41(54)49-40(29(2)3)38(52)23-33(22-34-25-43-27-45-34)42(55)47-31(5)32(6)50/h16-19,31,33-36,38-41,44-48,76-77H,8-15,20-30,32H2,1-7H3,(H,67,71)(H,72,82)(H,73,85)(H,74,83)(H,75,84)(H,86,87)(H4,61,62,68)(H4,63,64,69)(H4,65,66,70);25-31,33,36,40H,7-24H2,1-6H3,(H,43,45)(H,44,46)(H,47,55)(H,48,53)(H,49,54)/t36-,38+,39+,40+,41+,44-,45-,46-,47-,48-;30-,31+,33-,36+,40+/m01/s1. The summed E-state index contributed by atoms with van der Waals surface area (Å²) in [7, 11) is 0. The first-order valence-electron chi connectivity index (χ1n) is 50.9. The predicted octanol–water partition coefficient (Wildman–Crippen LogP) is 7.83. The van der Waals surface area contributed by atoms with E-state index in [4.69, 9.17) is 34.4 Å². The Kier molecular flexibility index (Phi) is 60.2. The number of nitrogens with two attached hydrogens (primary N) is 6. The van der Waals surface area contributed by atoms with Crippen LogP contribution in [0.4, 0.5) is 0 Å². The number of unbranched alkanes of at least 4 members (excludes halogenated alkanes) is 12. The largest absolute Gasteiger partial charge is 0.508 e. The Morgan fingerprint density at radius 1 is 0.394 bits per heavy atom. The minimum atomic E-state index is -1.44. The van der Waals surface area contributed by atoms with Crippen molar-refractivity contribution < 1.29 is 87.2 Å². The predicted molar refractivity (Wildman–Crippen MR) is 545 cm³/mol. The average Bonchev–Trinajstić information content (AvgIpc) is 1.18. The van der Waals surface area contributed by atoms with Crippen molar-refractivity contribution in [1.82, 2.24) is 67.1 Å². The van der Waals surface area contributed by atoms with Gasteiger partial charge in [-0.1, -0.05) is 172 Å². The number of hydrogen-bond acceptors (Lipinski definition) is 23. The van der Waals surface area contributed by atoms with Gasteiger partial charge in [-0.25, -0.2) is 15.0 Å². The highest BCUT2D eigenvalue weighted by Gasteiger charge is 2.39. The zero-order valence-corrected chi connectivity index (χ0v) is 86.1. The van der Waals surface area contributed by atoms with Crippen molar-refractivity contribution in [2.45, 2.75) is 351 Å². The highest BCUT2D eigenvalue weighted by Crippen LogP contribution is 2.28. The number of imidazole rings is 3. The number of phenols is 1. The van der Waals surface area contributed by atoms with Crippen LogP contribution in [0.5, 0.6) is 5.75 Å². The Bertz CT molecular complexity index is 4570. The topological polar surface area (TPSA) is 680 Å². The average molecular weight is 1990 g/mol. The van der Waals surface area contributed by atoms with Gasteiger partial charge in [0, 0.05) is 143 Å². The van der Waals surface area contributed by atoms with Crippen LogP contribution in [0.1, 0.15) is 305 Å². The monoisotopic (exact) mass is 1990 g/mol. The maximum absolute atomic E-state index is 14.8. The van der Waals surface area contributed by atoms with Crippen molar-refractivity contribution in [3.63, 3.8) is 0 Å². The van der Waals surface area contributed by atoms with E-state index in [0.717, 1.165) is 24.8 Å². The molecular weight excluding hydrogens is 1820 g/mol. The second-order valence-electron chi connectivity index (χ2n) is 39.1. The number of benzene rings is 1. The molecule has 0 saturated carbocycles. The molecule has 0 aliphatic carbocycles. The summed E-state index contributed by atoms with van der Waals surface area (Å²) in [6, 6.07) is -0.992. The van der Waals surface area contributed by atoms with Crippen molar-refractivity contribution in [1.29, 1.82) is 0 Å². The molecule has 4 aromatic rings. The summed E-state index contributed by atoms with van der Waals surface area (Å²) in [5, 5.41) is 49.4. The van der Waals surface area contributed by atoms with Crippen LogP contribution in [0.25, 0.3) is 0 Å². The molecule has 0 fully saturated rings. The van der Waals surface area contributed by atoms with Crippen molar-refractivity contribution in [2.24, 2.45) is 114 Å². The van der Waals surface area contributed by atoms with Gasteiger partial charge in [0.25, 0.3) is 0 Å². The molecule has 0 bridgehead atoms. The maximum atomic E-state index is 14.8. The van der Waals surface area contributed by atoms with E-state index in [0.29, 0.717) is 42.8 Å². The second kappa shape index (κ2) is 68.9. The zero-order chi connectivity index (χ0) is 106. The van der Waals surface area contributed by atoms with Gasteiger partial charge >= 0.3 is 5.97 Å². The second-order valence-corrected chi connectivity index (χ2v) is 39.1. The van der Waals surface area contributed by atoms with Crippen LogP contribution >= 0.6 is 0 Å². The number of carbonyl (C=O) groups is 15. The molecule has 40 nitrogen and oxygen atoms in total. The van der Waals surface area contributed by atoms with Gasteiger partial charge in [0.05, 0.1) is 79.6 Å². The molecule has 142 heavy (non-hydrogen) atoms. The summed E-state index contributed by atoms with van der Waals surface area (Å²) in [6.07, 6.45) is 25.8. The minimum Gasteiger partial charge on any atom is -0.508 e. The van der Waals surface area contributed by atoms with Gasteiger partial charge in [-0.2, -0.15) is 0 Å². The lowest BCUT2D eigenvalue weighted by Crippen LogP contribution is -2.50. The number of aliphatic hydroxyl groups is 1. The van der Waals surface area contributed by atoms with Gasteiger partial charge in [0.1, 0.15) is 11.8 Å². The quantitative estimate of drug-likeness (QED) is 0.0114. The summed E-state index contributed by atoms with van der Waals surface area (Å²) < 4.78 is 0. The number of aromatic amines is 3. The number of aromatic nitrogens is 6. The fourth-order valence-corrected chi connectivity index (χ4v) is 16.7. The molecule has 15 atom stereocenters. The Hall–Kier alpha value is -12.1. The number of hydrogen-bond donors (Lipinski definition) is 19. The minimum absolute atomic E-state index is 0.0220. The molecule has 0 radical (unpaired) electrons. The Morgan fingerprint density at radius 2 is 0.796 bits per heavy atom. The molecule has 0 saturated heterocycles. The molecule has 0 spiro atoms. The van der Waals surface area contributed by atoms with Crippen LogP contribution in [0, 0.1) is 65.1 Å². The number of aliphatic hydroxyl groups excluding tert-OH is 1. The molecule has 3 heterocycles. The van der Waals surface area contributed by atoms with Gasteiger partial charge in [0.2, 0.25) is 41.4 Å². The molecule has 7 amide bonds. The van der Waals surface area contributed by atoms with Crippen molar-refractivity contribution >= 4 is 106 Å². The number of nitrogens with zero attached hydrogens (tertiary/aromatic N) is 6. The van der Waals surface area contributed by atoms with E-state index in [1.54, 1.807) is 66.1 Å². The summed E-state index contributed by atoms with van der Waals surface area (Å²) in [6.45, 7) is 22.5. The van der Waals surface area contributed by atoms with Crippen LogP contribution in [0.2, 0.25) is 0 Å². The number of phenolic OH excluding ortho intramolecular Hbond substituents is 1. The number of carboxylic acids is 1. The molecule has 3 aromatic heterocycles. The third-order valence-electron chi connectivity index (χ3n) is 25.5. The lowest BCUT2D eigenvalue weighted by molar-refractivity contribution is -0.146. The van der Waals surface area contributed by atoms with Crippen molar-refractivity contribution in [3.05, 3.63) is 84.5 Å². The van der Waals surface area contributed by atoms with Gasteiger partial charge in [0.15, 0.2) is 58.4 Å². The lowest BCUT2D eigenvalue weighted by atomic mass is 9.85. The molecule has 1 aromatic carbocycles. The normalized spacial score (nSPS) is 14.5. The smallest absolute Gasteiger partial charge is 0.307 e. The van der Waals surface area contributed by atoms with E-state index in [1.807, 2.05) is 34.6 Å². The molecule has 40 heteroatoms. The molecular formula is C102H168N22O18. The summed E-state index contributed by atoms with van der Waals surface area (Å²) in [4.78, 5) is 238. The van der Waals surface area contributed by atoms with E-state index in [2.05, 4.69) is 89.0 Å². The Balaban J connectivity index is 0.000000808. The van der Waals surface area contributed by atoms with Crippen LogP contribution in [0.15, 0.2) is 76.8 Å². The van der Waals surface area contributed by atoms with E-state index in [-0.39, 0.29) is 180 Å². The summed E-state index contributed by atoms with van der Waals surface area (Å²) >= 11 is 0. The highest BCUT2D eigenvalue weighted by atomic mass is 16.4. The third-order valence-corrected chi connectivity index (χ3v) is 25.5. The fourth-order valence-electron chi connectivity index (χ4n) is 16.7. The number of amides is 7. The summed E-state index contributed by atoms with van der Waals surface area (Å²) in [5.41, 5.74) is 36.2. The van der Waals surface area contributed by atoms with Gasteiger partial charge in [-0.05, 0) is 126 Å². The van der Waals surface area contributed by atoms with E-state index in [9.17, 15) is 87.2 Å². The van der Waals surface area contributed by atoms with E-state index < -0.39 is 174 Å². The van der Waals surface area contributed by atoms with Gasteiger partial charge < -0.3 is 102 Å². The van der Waals surface area contributed by atoms with Crippen molar-refractivity contribution in [2.75, 3.05) is 26.2 Å². The van der Waals surface area contributed by atoms with E-state index >= 15 is 0 Å². The van der Waals surface area contributed by atoms with Crippen LogP contribution in [0.3, 0.4) is 0 Å². The van der Waals surface area contributed by atoms with Crippen LogP contribution in [-0.4, -0.2) is 219 Å². The highest BCUT2D eigenvalue weighted by molar-refractivity contribution is 6.00. The first-order valence-corrected chi connectivity index (χ1v) is 50.9. The number of nitrogens with one attached hydrogen (secondary N) is 10. The van der Waals surface area contributed by atoms with Crippen LogP contribution in [-0.2, 0) is 97.6 Å². The van der Waals surface area contributed by atoms with E-state index in [1.165, 1.54) is 108 Å². The fraction of sp³-hybridized carbons (Fsp3) is 0.676. The third kappa shape index (κ3) is 51.0. The first-order chi connectivity index (χ1) is 67.4. The molecule has 25 N–H and O–H groups in total. The van der Waals surface area contributed by atoms with Crippen molar-refractivity contribution in [3.8, 4) is 5.75 Å². The Morgan fingerprint density at radius 3 is 1.23 bits per heavy atom. The number of carbonyl (C=O) groups excluding carboxylic acids is 14. The van der Waals surface area contributed by atoms with Gasteiger partial charge in [-0.3, -0.25) is 86.9 Å². The maximum Gasteiger partial charge on any atom is 0.307 e. The van der Waals surface area contributed by atoms with Gasteiger partial charge in [-0.15, -0.1) is 0 Å². The SMILES string of the molecule is CCCCCCCCCCCCCCCC(=O)N[C@@H](Cc1cnc[nH]1)C(=O)C[C@@H](C)C(=O)N[C@H](C(=O)C[C@@H](Cc1cnc[nH]1)C(=O)N[C@@H](C)C(C)=O)C(C)C.CC[C@H](Cc1ccc(O)cc1)C(=O)N[C@@H](CCCN=C(N)N)C(=O)C[C@@H](Cc1cnc[nH]1)C(=O)N[C@@H](CCCN=C(N)N)C(=O)C[C@@H](CCCN=C(N)N)C(=O)N[C@@H](CC(C)C)C(=O)C[C@@H](CC(C)C)C(=O)N[C@@H](CO)C(=O)C[C@H](C(=O)O)[C@@H](C)CC. The molecule has 0 aliphatic heterocycles.